The number of likely N-dealkylation sites (tertiary alicyclic amines) is 1. The molecule has 1 aromatic carbocycles. The predicted octanol–water partition coefficient (Wildman–Crippen LogP) is 2.43. The number of halogens is 1. The van der Waals surface area contributed by atoms with Gasteiger partial charge in [-0.2, -0.15) is 0 Å². The van der Waals surface area contributed by atoms with Crippen LogP contribution in [0.5, 0.6) is 0 Å². The normalized spacial score (nSPS) is 18.9. The Morgan fingerprint density at radius 1 is 1.19 bits per heavy atom. The van der Waals surface area contributed by atoms with Gasteiger partial charge in [-0.05, 0) is 43.9 Å². The third-order valence-electron chi connectivity index (χ3n) is 4.12. The van der Waals surface area contributed by atoms with Gasteiger partial charge in [0, 0.05) is 25.2 Å². The van der Waals surface area contributed by atoms with Crippen LogP contribution in [0.1, 0.15) is 35.2 Å². The minimum Gasteiger partial charge on any atom is -0.342 e. The first-order chi connectivity index (χ1) is 10.2. The minimum absolute atomic E-state index is 0.157. The molecule has 0 saturated carbocycles. The molecule has 0 bridgehead atoms. The van der Waals surface area contributed by atoms with Crippen molar-refractivity contribution in [1.29, 1.82) is 0 Å². The summed E-state index contributed by atoms with van der Waals surface area (Å²) in [5.74, 6) is 0.271. The van der Waals surface area contributed by atoms with Gasteiger partial charge in [-0.25, -0.2) is 4.39 Å². The first-order valence-corrected chi connectivity index (χ1v) is 7.54. The Bertz CT molecular complexity index is 579. The number of hydrogen-bond donors (Lipinski definition) is 0. The summed E-state index contributed by atoms with van der Waals surface area (Å²) in [4.78, 5) is 21.0. The van der Waals surface area contributed by atoms with Crippen molar-refractivity contribution >= 4 is 11.9 Å². The zero-order valence-electron chi connectivity index (χ0n) is 12.3. The van der Waals surface area contributed by atoms with Gasteiger partial charge < -0.3 is 4.90 Å². The van der Waals surface area contributed by atoms with E-state index in [9.17, 15) is 9.18 Å². The third kappa shape index (κ3) is 2.77. The van der Waals surface area contributed by atoms with Crippen LogP contribution in [0.3, 0.4) is 0 Å². The highest BCUT2D eigenvalue weighted by molar-refractivity contribution is 6.06. The van der Waals surface area contributed by atoms with Crippen molar-refractivity contribution in [2.24, 2.45) is 4.99 Å². The molecule has 0 radical (unpaired) electrons. The monoisotopic (exact) mass is 289 g/mol. The van der Waals surface area contributed by atoms with E-state index < -0.39 is 0 Å². The highest BCUT2D eigenvalue weighted by Gasteiger charge is 2.29. The minimum atomic E-state index is -0.337. The molecule has 3 rings (SSSR count). The van der Waals surface area contributed by atoms with E-state index in [-0.39, 0.29) is 11.7 Å². The Balaban J connectivity index is 1.80. The summed E-state index contributed by atoms with van der Waals surface area (Å²) in [6, 6.07) is 4.66. The molecule has 0 aliphatic carbocycles. The van der Waals surface area contributed by atoms with Crippen LogP contribution in [0.2, 0.25) is 0 Å². The van der Waals surface area contributed by atoms with Crippen molar-refractivity contribution < 1.29 is 9.18 Å². The maximum absolute atomic E-state index is 13.7. The predicted molar refractivity (Wildman–Crippen MR) is 79.9 cm³/mol. The summed E-state index contributed by atoms with van der Waals surface area (Å²) in [5, 5.41) is 0. The number of guanidine groups is 1. The number of carbonyl (C=O) groups excluding carboxylic acids is 1. The van der Waals surface area contributed by atoms with Gasteiger partial charge in [0.25, 0.3) is 5.91 Å². The lowest BCUT2D eigenvalue weighted by atomic mass is 10.1. The molecule has 21 heavy (non-hydrogen) atoms. The number of benzene rings is 1. The summed E-state index contributed by atoms with van der Waals surface area (Å²) in [7, 11) is 0. The standard InChI is InChI=1S/C16H20FN3O/c1-12-5-6-13(11-14(12)17)15(21)20-10-7-18-16(20)19-8-3-2-4-9-19/h5-6,11H,2-4,7-10H2,1H3. The number of amides is 1. The molecule has 2 aliphatic rings. The van der Waals surface area contributed by atoms with Crippen LogP contribution in [0.25, 0.3) is 0 Å². The van der Waals surface area contributed by atoms with E-state index in [0.717, 1.165) is 31.9 Å². The van der Waals surface area contributed by atoms with Crippen LogP contribution in [0.4, 0.5) is 4.39 Å². The van der Waals surface area contributed by atoms with Gasteiger partial charge in [0.15, 0.2) is 0 Å². The molecule has 1 aromatic rings. The van der Waals surface area contributed by atoms with Crippen molar-refractivity contribution in [1.82, 2.24) is 9.80 Å². The quantitative estimate of drug-likeness (QED) is 0.796. The van der Waals surface area contributed by atoms with Crippen molar-refractivity contribution in [2.45, 2.75) is 26.2 Å². The first-order valence-electron chi connectivity index (χ1n) is 7.54. The van der Waals surface area contributed by atoms with Crippen LogP contribution in [-0.2, 0) is 0 Å². The van der Waals surface area contributed by atoms with Crippen molar-refractivity contribution in [2.75, 3.05) is 26.2 Å². The van der Waals surface area contributed by atoms with E-state index in [0.29, 0.717) is 24.2 Å². The largest absolute Gasteiger partial charge is 0.342 e. The highest BCUT2D eigenvalue weighted by Crippen LogP contribution is 2.18. The van der Waals surface area contributed by atoms with E-state index in [1.54, 1.807) is 24.0 Å². The molecule has 1 fully saturated rings. The van der Waals surface area contributed by atoms with E-state index in [4.69, 9.17) is 0 Å². The van der Waals surface area contributed by atoms with Gasteiger partial charge in [0.1, 0.15) is 5.82 Å². The van der Waals surface area contributed by atoms with Gasteiger partial charge in [0.2, 0.25) is 5.96 Å². The Kier molecular flexibility index (Phi) is 3.90. The maximum atomic E-state index is 13.7. The average molecular weight is 289 g/mol. The van der Waals surface area contributed by atoms with E-state index >= 15 is 0 Å². The van der Waals surface area contributed by atoms with Gasteiger partial charge in [-0.3, -0.25) is 14.7 Å². The third-order valence-corrected chi connectivity index (χ3v) is 4.12. The Labute approximate surface area is 124 Å². The summed E-state index contributed by atoms with van der Waals surface area (Å²) < 4.78 is 13.7. The lowest BCUT2D eigenvalue weighted by molar-refractivity contribution is 0.0841. The SMILES string of the molecule is Cc1ccc(C(=O)N2CCN=C2N2CCCCC2)cc1F. The Morgan fingerprint density at radius 3 is 2.67 bits per heavy atom. The zero-order chi connectivity index (χ0) is 14.8. The molecule has 0 unspecified atom stereocenters. The summed E-state index contributed by atoms with van der Waals surface area (Å²) >= 11 is 0. The van der Waals surface area contributed by atoms with Gasteiger partial charge >= 0.3 is 0 Å². The lowest BCUT2D eigenvalue weighted by Gasteiger charge is -2.32. The fraction of sp³-hybridized carbons (Fsp3) is 0.500. The van der Waals surface area contributed by atoms with Gasteiger partial charge in [-0.15, -0.1) is 0 Å². The molecule has 0 aromatic heterocycles. The van der Waals surface area contributed by atoms with Crippen LogP contribution >= 0.6 is 0 Å². The van der Waals surface area contributed by atoms with Crippen molar-refractivity contribution in [3.63, 3.8) is 0 Å². The smallest absolute Gasteiger partial charge is 0.260 e. The summed E-state index contributed by atoms with van der Waals surface area (Å²) in [6.45, 7) is 4.81. The van der Waals surface area contributed by atoms with Gasteiger partial charge in [0.05, 0.1) is 6.54 Å². The van der Waals surface area contributed by atoms with E-state index in [1.165, 1.54) is 12.5 Å². The summed E-state index contributed by atoms with van der Waals surface area (Å²) in [6.07, 6.45) is 3.52. The highest BCUT2D eigenvalue weighted by atomic mass is 19.1. The second kappa shape index (κ2) is 5.84. The molecule has 5 heteroatoms. The van der Waals surface area contributed by atoms with Gasteiger partial charge in [-0.1, -0.05) is 6.07 Å². The number of carbonyl (C=O) groups is 1. The van der Waals surface area contributed by atoms with Crippen LogP contribution < -0.4 is 0 Å². The fourth-order valence-corrected chi connectivity index (χ4v) is 2.87. The molecule has 0 N–H and O–H groups in total. The fourth-order valence-electron chi connectivity index (χ4n) is 2.87. The molecule has 1 amide bonds. The first kappa shape index (κ1) is 14.0. The number of aliphatic imine (C=N–C) groups is 1. The van der Waals surface area contributed by atoms with E-state index in [1.807, 2.05) is 0 Å². The molecule has 112 valence electrons. The molecule has 1 saturated heterocycles. The number of hydrogen-bond acceptors (Lipinski definition) is 3. The molecule has 0 spiro atoms. The molecule has 2 aliphatic heterocycles. The van der Waals surface area contributed by atoms with Crippen LogP contribution in [0, 0.1) is 12.7 Å². The van der Waals surface area contributed by atoms with Crippen molar-refractivity contribution in [3.05, 3.63) is 35.1 Å². The number of aryl methyl sites for hydroxylation is 1. The molecule has 0 atom stereocenters. The van der Waals surface area contributed by atoms with Crippen LogP contribution in [-0.4, -0.2) is 47.8 Å². The summed E-state index contributed by atoms with van der Waals surface area (Å²) in [5.41, 5.74) is 0.947. The number of piperidine rings is 1. The Hall–Kier alpha value is -1.91. The second-order valence-corrected chi connectivity index (χ2v) is 5.65. The molecular formula is C16H20FN3O. The molecule has 4 nitrogen and oxygen atoms in total. The number of nitrogens with zero attached hydrogens (tertiary/aromatic N) is 3. The lowest BCUT2D eigenvalue weighted by Crippen LogP contribution is -2.47. The maximum Gasteiger partial charge on any atom is 0.260 e. The second-order valence-electron chi connectivity index (χ2n) is 5.65. The average Bonchev–Trinajstić information content (AvgIpc) is 2.99. The van der Waals surface area contributed by atoms with Crippen molar-refractivity contribution in [3.8, 4) is 0 Å². The van der Waals surface area contributed by atoms with Crippen LogP contribution in [0.15, 0.2) is 23.2 Å². The molecule has 2 heterocycles. The van der Waals surface area contributed by atoms with E-state index in [2.05, 4.69) is 9.89 Å². The Morgan fingerprint density at radius 2 is 1.95 bits per heavy atom. The topological polar surface area (TPSA) is 35.9 Å². The molecular weight excluding hydrogens is 269 g/mol. The number of rotatable bonds is 1. The zero-order valence-corrected chi connectivity index (χ0v) is 12.3.